The van der Waals surface area contributed by atoms with Gasteiger partial charge in [-0.05, 0) is 12.1 Å². The lowest BCUT2D eigenvalue weighted by atomic mass is 10.1. The third-order valence-corrected chi connectivity index (χ3v) is 2.60. The lowest BCUT2D eigenvalue weighted by molar-refractivity contribution is -0.387. The summed E-state index contributed by atoms with van der Waals surface area (Å²) in [5.41, 5.74) is -3.50. The lowest BCUT2D eigenvalue weighted by Crippen LogP contribution is -2.23. The van der Waals surface area contributed by atoms with Gasteiger partial charge in [-0.2, -0.15) is 13.2 Å². The van der Waals surface area contributed by atoms with Crippen LogP contribution in [0.4, 0.5) is 18.9 Å². The van der Waals surface area contributed by atoms with Crippen LogP contribution in [0.1, 0.15) is 11.3 Å². The first-order chi connectivity index (χ1) is 9.00. The summed E-state index contributed by atoms with van der Waals surface area (Å²) in [6.07, 6.45) is -4.95. The summed E-state index contributed by atoms with van der Waals surface area (Å²) in [5.74, 6) is -3.29. The van der Waals surface area contributed by atoms with Crippen molar-refractivity contribution in [3.8, 4) is 0 Å². The summed E-state index contributed by atoms with van der Waals surface area (Å²) in [5, 5.41) is 37.3. The molecule has 20 heavy (non-hydrogen) atoms. The molecule has 0 atom stereocenters. The van der Waals surface area contributed by atoms with Gasteiger partial charge in [0.25, 0.3) is 5.69 Å². The quantitative estimate of drug-likeness (QED) is 0.376. The second-order valence-corrected chi connectivity index (χ2v) is 4.03. The van der Waals surface area contributed by atoms with E-state index in [0.29, 0.717) is 12.1 Å². The molecule has 0 saturated carbocycles. The summed E-state index contributed by atoms with van der Waals surface area (Å²) in [6, 6.07) is 1.98. The molecule has 2 rings (SSSR count). The summed E-state index contributed by atoms with van der Waals surface area (Å²) in [4.78, 5) is 11.6. The molecule has 0 aliphatic heterocycles. The highest BCUT2D eigenvalue weighted by atomic mass is 19.4. The second kappa shape index (κ2) is 4.16. The molecule has 0 saturated heterocycles. The van der Waals surface area contributed by atoms with E-state index in [4.69, 9.17) is 15.3 Å². The van der Waals surface area contributed by atoms with Crippen LogP contribution in [0.25, 0.3) is 10.9 Å². The van der Waals surface area contributed by atoms with Gasteiger partial charge in [-0.15, -0.1) is 0 Å². The van der Waals surface area contributed by atoms with E-state index in [9.17, 15) is 23.3 Å². The van der Waals surface area contributed by atoms with Crippen molar-refractivity contribution < 1.29 is 33.4 Å². The van der Waals surface area contributed by atoms with Crippen LogP contribution in [0.5, 0.6) is 0 Å². The number of nitro benzene ring substituents is 1. The lowest BCUT2D eigenvalue weighted by Gasteiger charge is -2.10. The van der Waals surface area contributed by atoms with Crippen LogP contribution in [0.2, 0.25) is 0 Å². The first-order valence-electron chi connectivity index (χ1n) is 5.06. The number of H-pyrrole nitrogens is 1. The van der Waals surface area contributed by atoms with Crippen molar-refractivity contribution in [3.63, 3.8) is 0 Å². The number of halogens is 3. The number of fused-ring (bicyclic) bond motifs is 1. The first-order valence-corrected chi connectivity index (χ1v) is 5.06. The predicted molar refractivity (Wildman–Crippen MR) is 58.3 cm³/mol. The molecule has 0 aliphatic rings. The number of aromatic amines is 1. The molecule has 1 aromatic carbocycles. The minimum absolute atomic E-state index is 0.0822. The number of hydrogen-bond acceptors (Lipinski definition) is 5. The van der Waals surface area contributed by atoms with Crippen molar-refractivity contribution in [2.24, 2.45) is 0 Å². The molecule has 1 heterocycles. The van der Waals surface area contributed by atoms with Crippen LogP contribution in [0.3, 0.4) is 0 Å². The van der Waals surface area contributed by atoms with Crippen LogP contribution in [-0.2, 0) is 12.1 Å². The molecule has 0 aliphatic carbocycles. The van der Waals surface area contributed by atoms with E-state index in [1.165, 1.54) is 0 Å². The highest BCUT2D eigenvalue weighted by molar-refractivity contribution is 5.84. The number of aromatic nitrogens is 1. The third-order valence-electron chi connectivity index (χ3n) is 2.60. The molecule has 0 fully saturated rings. The molecular weight excluding hydrogens is 285 g/mol. The summed E-state index contributed by atoms with van der Waals surface area (Å²) in [6.45, 7) is 0. The van der Waals surface area contributed by atoms with E-state index < -0.39 is 34.0 Å². The molecule has 0 amide bonds. The zero-order valence-electron chi connectivity index (χ0n) is 9.47. The minimum Gasteiger partial charge on any atom is -0.352 e. The van der Waals surface area contributed by atoms with Crippen LogP contribution >= 0.6 is 0 Å². The van der Waals surface area contributed by atoms with Gasteiger partial charge in [0.1, 0.15) is 11.3 Å². The van der Waals surface area contributed by atoms with E-state index in [2.05, 4.69) is 4.98 Å². The summed E-state index contributed by atoms with van der Waals surface area (Å²) >= 11 is 0. The van der Waals surface area contributed by atoms with E-state index in [-0.39, 0.29) is 10.9 Å². The monoisotopic (exact) mass is 292 g/mol. The number of alkyl halides is 3. The SMILES string of the molecule is O=[N+]([O-])c1cc2cc(C(O)(O)O)[nH]c2cc1C(F)(F)F. The van der Waals surface area contributed by atoms with Gasteiger partial charge in [-0.25, -0.2) is 0 Å². The number of nitrogens with zero attached hydrogens (tertiary/aromatic N) is 1. The maximum absolute atomic E-state index is 12.7. The van der Waals surface area contributed by atoms with Crippen molar-refractivity contribution in [1.82, 2.24) is 4.98 Å². The number of nitrogens with one attached hydrogen (secondary N) is 1. The van der Waals surface area contributed by atoms with Crippen LogP contribution in [-0.4, -0.2) is 25.2 Å². The Morgan fingerprint density at radius 3 is 2.20 bits per heavy atom. The molecule has 0 spiro atoms. The second-order valence-electron chi connectivity index (χ2n) is 4.03. The van der Waals surface area contributed by atoms with Crippen LogP contribution < -0.4 is 0 Å². The average molecular weight is 292 g/mol. The Kier molecular flexibility index (Phi) is 2.96. The third kappa shape index (κ3) is 2.43. The van der Waals surface area contributed by atoms with Crippen LogP contribution in [0, 0.1) is 10.1 Å². The van der Waals surface area contributed by atoms with Gasteiger partial charge in [0.15, 0.2) is 0 Å². The smallest absolute Gasteiger partial charge is 0.352 e. The number of hydrogen-bond donors (Lipinski definition) is 4. The summed E-state index contributed by atoms with van der Waals surface area (Å²) < 4.78 is 38.1. The van der Waals surface area contributed by atoms with Gasteiger partial charge in [0.2, 0.25) is 0 Å². The Balaban J connectivity index is 2.75. The van der Waals surface area contributed by atoms with Crippen molar-refractivity contribution in [2.75, 3.05) is 0 Å². The van der Waals surface area contributed by atoms with Crippen molar-refractivity contribution in [1.29, 1.82) is 0 Å². The molecule has 4 N–H and O–H groups in total. The molecule has 0 radical (unpaired) electrons. The molecule has 10 heteroatoms. The maximum Gasteiger partial charge on any atom is 0.423 e. The van der Waals surface area contributed by atoms with E-state index in [1.54, 1.807) is 0 Å². The highest BCUT2D eigenvalue weighted by Gasteiger charge is 2.39. The van der Waals surface area contributed by atoms with Gasteiger partial charge >= 0.3 is 12.1 Å². The number of rotatable bonds is 2. The highest BCUT2D eigenvalue weighted by Crippen LogP contribution is 2.38. The Labute approximate surface area is 108 Å². The van der Waals surface area contributed by atoms with E-state index >= 15 is 0 Å². The molecule has 0 unspecified atom stereocenters. The number of nitro groups is 1. The molecule has 2 aromatic rings. The molecule has 1 aromatic heterocycles. The van der Waals surface area contributed by atoms with Gasteiger partial charge < -0.3 is 20.3 Å². The average Bonchev–Trinajstić information content (AvgIpc) is 2.68. The fraction of sp³-hybridized carbons (Fsp3) is 0.200. The zero-order chi connectivity index (χ0) is 15.3. The largest absolute Gasteiger partial charge is 0.423 e. The Hall–Kier alpha value is -2.17. The Morgan fingerprint density at radius 2 is 1.75 bits per heavy atom. The normalized spacial score (nSPS) is 12.9. The van der Waals surface area contributed by atoms with Crippen molar-refractivity contribution in [2.45, 2.75) is 12.1 Å². The Bertz CT molecular complexity index is 686. The van der Waals surface area contributed by atoms with Gasteiger partial charge in [0.05, 0.1) is 4.92 Å². The minimum atomic E-state index is -4.95. The van der Waals surface area contributed by atoms with Gasteiger partial charge in [-0.3, -0.25) is 10.1 Å². The Morgan fingerprint density at radius 1 is 1.15 bits per heavy atom. The molecular formula is C10H7F3N2O5. The van der Waals surface area contributed by atoms with E-state index in [1.807, 2.05) is 0 Å². The molecule has 7 nitrogen and oxygen atoms in total. The fourth-order valence-corrected chi connectivity index (χ4v) is 1.73. The van der Waals surface area contributed by atoms with Crippen LogP contribution in [0.15, 0.2) is 18.2 Å². The zero-order valence-corrected chi connectivity index (χ0v) is 9.47. The van der Waals surface area contributed by atoms with Gasteiger partial charge in [-0.1, -0.05) is 0 Å². The summed E-state index contributed by atoms with van der Waals surface area (Å²) in [7, 11) is 0. The van der Waals surface area contributed by atoms with Crippen molar-refractivity contribution >= 4 is 16.6 Å². The molecule has 0 bridgehead atoms. The molecule has 108 valence electrons. The standard InChI is InChI=1S/C10H7F3N2O5/c11-9(12,13)5-3-6-4(1-7(5)15(19)20)2-8(14-6)10(16,17)18/h1-3,14,16-18H. The number of aliphatic hydroxyl groups is 3. The van der Waals surface area contributed by atoms with E-state index in [0.717, 1.165) is 6.07 Å². The fourth-order valence-electron chi connectivity index (χ4n) is 1.73. The topological polar surface area (TPSA) is 120 Å². The first kappa shape index (κ1) is 14.2. The maximum atomic E-state index is 12.7. The predicted octanol–water partition coefficient (Wildman–Crippen LogP) is 1.18. The number of benzene rings is 1. The van der Waals surface area contributed by atoms with Gasteiger partial charge in [0, 0.05) is 17.0 Å². The van der Waals surface area contributed by atoms with Crippen molar-refractivity contribution in [3.05, 3.63) is 39.6 Å².